The summed E-state index contributed by atoms with van der Waals surface area (Å²) in [6, 6.07) is 9.97. The van der Waals surface area contributed by atoms with Crippen LogP contribution in [0.2, 0.25) is 0 Å². The molecule has 0 radical (unpaired) electrons. The first kappa shape index (κ1) is 13.4. The van der Waals surface area contributed by atoms with Gasteiger partial charge < -0.3 is 4.74 Å². The van der Waals surface area contributed by atoms with Gasteiger partial charge in [0.05, 0.1) is 5.56 Å². The van der Waals surface area contributed by atoms with Gasteiger partial charge in [-0.3, -0.25) is 0 Å². The van der Waals surface area contributed by atoms with Crippen LogP contribution in [-0.4, -0.2) is 14.6 Å². The largest absolute Gasteiger partial charge is 0.486 e. The van der Waals surface area contributed by atoms with Gasteiger partial charge in [-0.05, 0) is 36.4 Å². The van der Waals surface area contributed by atoms with Crippen LogP contribution < -0.4 is 4.74 Å². The Morgan fingerprint density at radius 3 is 2.48 bits per heavy atom. The number of halogens is 3. The standard InChI is InChI=1S/C14H10F3N3O/c15-14(16,17)10-4-6-11(7-5-10)21-9-12-18-13-3-1-2-8-20(13)19-12/h1-8H,9H2. The number of alkyl halides is 3. The molecule has 0 atom stereocenters. The van der Waals surface area contributed by atoms with Crippen molar-refractivity contribution in [1.82, 2.24) is 14.6 Å². The van der Waals surface area contributed by atoms with Crippen molar-refractivity contribution in [3.8, 4) is 5.75 Å². The Hall–Kier alpha value is -2.57. The molecule has 21 heavy (non-hydrogen) atoms. The zero-order chi connectivity index (χ0) is 14.9. The molecule has 0 aliphatic rings. The molecule has 0 amide bonds. The molecule has 0 fully saturated rings. The van der Waals surface area contributed by atoms with E-state index in [0.717, 1.165) is 12.1 Å². The number of hydrogen-bond donors (Lipinski definition) is 0. The first-order valence-electron chi connectivity index (χ1n) is 6.13. The second-order valence-electron chi connectivity index (χ2n) is 4.34. The van der Waals surface area contributed by atoms with Crippen molar-refractivity contribution in [1.29, 1.82) is 0 Å². The number of nitrogens with zero attached hydrogens (tertiary/aromatic N) is 3. The topological polar surface area (TPSA) is 39.4 Å². The van der Waals surface area contributed by atoms with Crippen LogP contribution in [0.25, 0.3) is 5.65 Å². The number of aromatic nitrogens is 3. The van der Waals surface area contributed by atoms with Crippen LogP contribution in [0.3, 0.4) is 0 Å². The summed E-state index contributed by atoms with van der Waals surface area (Å²) >= 11 is 0. The molecule has 0 spiro atoms. The molecular weight excluding hydrogens is 283 g/mol. The van der Waals surface area contributed by atoms with Gasteiger partial charge in [-0.1, -0.05) is 6.07 Å². The molecule has 0 saturated heterocycles. The van der Waals surface area contributed by atoms with E-state index in [4.69, 9.17) is 4.74 Å². The molecular formula is C14H10F3N3O. The fourth-order valence-corrected chi connectivity index (χ4v) is 1.83. The highest BCUT2D eigenvalue weighted by Gasteiger charge is 2.30. The maximum absolute atomic E-state index is 12.4. The summed E-state index contributed by atoms with van der Waals surface area (Å²) in [5, 5.41) is 4.19. The Morgan fingerprint density at radius 1 is 1.05 bits per heavy atom. The van der Waals surface area contributed by atoms with Crippen LogP contribution in [0.5, 0.6) is 5.75 Å². The molecule has 0 N–H and O–H groups in total. The fraction of sp³-hybridized carbons (Fsp3) is 0.143. The summed E-state index contributed by atoms with van der Waals surface area (Å²) in [4.78, 5) is 4.23. The lowest BCUT2D eigenvalue weighted by atomic mass is 10.2. The quantitative estimate of drug-likeness (QED) is 0.743. The van der Waals surface area contributed by atoms with E-state index in [0.29, 0.717) is 17.2 Å². The molecule has 3 aromatic rings. The number of benzene rings is 1. The van der Waals surface area contributed by atoms with E-state index < -0.39 is 11.7 Å². The molecule has 4 nitrogen and oxygen atoms in total. The SMILES string of the molecule is FC(F)(F)c1ccc(OCc2nc3ccccn3n2)cc1. The second kappa shape index (κ2) is 5.08. The summed E-state index contributed by atoms with van der Waals surface area (Å²) in [7, 11) is 0. The Morgan fingerprint density at radius 2 is 1.81 bits per heavy atom. The number of hydrogen-bond acceptors (Lipinski definition) is 3. The molecule has 0 unspecified atom stereocenters. The van der Waals surface area contributed by atoms with Crippen LogP contribution in [-0.2, 0) is 12.8 Å². The molecule has 0 bridgehead atoms. The first-order valence-corrected chi connectivity index (χ1v) is 6.13. The van der Waals surface area contributed by atoms with Gasteiger partial charge in [0.25, 0.3) is 0 Å². The summed E-state index contributed by atoms with van der Waals surface area (Å²) < 4.78 is 44.3. The highest BCUT2D eigenvalue weighted by molar-refractivity contribution is 5.36. The predicted molar refractivity (Wildman–Crippen MR) is 68.8 cm³/mol. The minimum Gasteiger partial charge on any atom is -0.486 e. The smallest absolute Gasteiger partial charge is 0.416 e. The molecule has 3 rings (SSSR count). The van der Waals surface area contributed by atoms with Gasteiger partial charge in [-0.2, -0.15) is 13.2 Å². The van der Waals surface area contributed by atoms with Crippen molar-refractivity contribution in [3.05, 3.63) is 60.0 Å². The normalized spacial score (nSPS) is 11.8. The maximum Gasteiger partial charge on any atom is 0.416 e. The van der Waals surface area contributed by atoms with E-state index in [1.165, 1.54) is 12.1 Å². The van der Waals surface area contributed by atoms with Crippen molar-refractivity contribution in [3.63, 3.8) is 0 Å². The lowest BCUT2D eigenvalue weighted by molar-refractivity contribution is -0.137. The van der Waals surface area contributed by atoms with Gasteiger partial charge in [-0.25, -0.2) is 9.50 Å². The van der Waals surface area contributed by atoms with E-state index in [2.05, 4.69) is 10.1 Å². The van der Waals surface area contributed by atoms with E-state index >= 15 is 0 Å². The third-order valence-corrected chi connectivity index (χ3v) is 2.83. The van der Waals surface area contributed by atoms with Crippen molar-refractivity contribution in [2.75, 3.05) is 0 Å². The van der Waals surface area contributed by atoms with Gasteiger partial charge in [0.2, 0.25) is 0 Å². The third-order valence-electron chi connectivity index (χ3n) is 2.83. The summed E-state index contributed by atoms with van der Waals surface area (Å²) in [6.45, 7) is 0.0903. The van der Waals surface area contributed by atoms with Gasteiger partial charge >= 0.3 is 6.18 Å². The second-order valence-corrected chi connectivity index (χ2v) is 4.34. The molecule has 2 heterocycles. The molecule has 0 saturated carbocycles. The Bertz CT molecular complexity index is 717. The van der Waals surface area contributed by atoms with Crippen LogP contribution in [0.1, 0.15) is 11.4 Å². The molecule has 1 aromatic carbocycles. The van der Waals surface area contributed by atoms with Gasteiger partial charge in [0.1, 0.15) is 12.4 Å². The highest BCUT2D eigenvalue weighted by Crippen LogP contribution is 2.30. The molecule has 0 aliphatic heterocycles. The number of pyridine rings is 1. The predicted octanol–water partition coefficient (Wildman–Crippen LogP) is 3.33. The Kier molecular flexibility index (Phi) is 3.25. The van der Waals surface area contributed by atoms with Crippen LogP contribution in [0.15, 0.2) is 48.7 Å². The Labute approximate surface area is 117 Å². The summed E-state index contributed by atoms with van der Waals surface area (Å²) in [6.07, 6.45) is -2.59. The first-order chi connectivity index (χ1) is 10.0. The van der Waals surface area contributed by atoms with E-state index in [9.17, 15) is 13.2 Å². The van der Waals surface area contributed by atoms with Crippen molar-refractivity contribution in [2.45, 2.75) is 12.8 Å². The average Bonchev–Trinajstić information content (AvgIpc) is 2.87. The molecule has 0 aliphatic carbocycles. The lowest BCUT2D eigenvalue weighted by Gasteiger charge is -2.08. The minimum atomic E-state index is -4.35. The minimum absolute atomic E-state index is 0.0903. The van der Waals surface area contributed by atoms with Crippen LogP contribution in [0.4, 0.5) is 13.2 Å². The molecule has 2 aromatic heterocycles. The van der Waals surface area contributed by atoms with E-state index in [-0.39, 0.29) is 6.61 Å². The van der Waals surface area contributed by atoms with Gasteiger partial charge in [0.15, 0.2) is 11.5 Å². The van der Waals surface area contributed by atoms with Gasteiger partial charge in [0, 0.05) is 6.20 Å². The molecule has 108 valence electrons. The zero-order valence-corrected chi connectivity index (χ0v) is 10.7. The average molecular weight is 293 g/mol. The van der Waals surface area contributed by atoms with Crippen molar-refractivity contribution >= 4 is 5.65 Å². The van der Waals surface area contributed by atoms with Crippen LogP contribution in [0, 0.1) is 0 Å². The summed E-state index contributed by atoms with van der Waals surface area (Å²) in [5.74, 6) is 0.794. The number of rotatable bonds is 3. The zero-order valence-electron chi connectivity index (χ0n) is 10.7. The third kappa shape index (κ3) is 2.96. The van der Waals surface area contributed by atoms with Crippen LogP contribution >= 0.6 is 0 Å². The fourth-order valence-electron chi connectivity index (χ4n) is 1.83. The summed E-state index contributed by atoms with van der Waals surface area (Å²) in [5.41, 5.74) is -0.0239. The van der Waals surface area contributed by atoms with Gasteiger partial charge in [-0.15, -0.1) is 5.10 Å². The Balaban J connectivity index is 1.69. The molecule has 7 heteroatoms. The van der Waals surface area contributed by atoms with Crippen molar-refractivity contribution in [2.24, 2.45) is 0 Å². The monoisotopic (exact) mass is 293 g/mol. The number of ether oxygens (including phenoxy) is 1. The maximum atomic E-state index is 12.4. The van der Waals surface area contributed by atoms with E-state index in [1.807, 2.05) is 12.1 Å². The van der Waals surface area contributed by atoms with E-state index in [1.54, 1.807) is 16.8 Å². The highest BCUT2D eigenvalue weighted by atomic mass is 19.4. The van der Waals surface area contributed by atoms with Crippen molar-refractivity contribution < 1.29 is 17.9 Å². The lowest BCUT2D eigenvalue weighted by Crippen LogP contribution is -2.04. The number of fused-ring (bicyclic) bond motifs is 1.